The van der Waals surface area contributed by atoms with E-state index < -0.39 is 0 Å². The Balaban J connectivity index is 2.49. The van der Waals surface area contributed by atoms with Crippen molar-refractivity contribution in [2.45, 2.75) is 13.8 Å². The molecule has 1 nitrogen and oxygen atoms in total. The van der Waals surface area contributed by atoms with Gasteiger partial charge in [-0.3, -0.25) is 0 Å². The third-order valence-corrected chi connectivity index (χ3v) is 3.08. The van der Waals surface area contributed by atoms with Crippen molar-refractivity contribution in [1.29, 1.82) is 0 Å². The van der Waals surface area contributed by atoms with E-state index in [2.05, 4.69) is 61.3 Å². The van der Waals surface area contributed by atoms with Gasteiger partial charge in [-0.2, -0.15) is 0 Å². The number of aromatic nitrogens is 1. The number of nitrogens with one attached hydrogen (secondary N) is 1. The fraction of sp³-hybridized carbons (Fsp3) is 0.133. The maximum absolute atomic E-state index is 3.51. The first-order chi connectivity index (χ1) is 7.77. The van der Waals surface area contributed by atoms with Gasteiger partial charge < -0.3 is 4.98 Å². The fourth-order valence-electron chi connectivity index (χ4n) is 2.29. The normalized spacial score (nSPS) is 11.7. The summed E-state index contributed by atoms with van der Waals surface area (Å²) >= 11 is 0. The summed E-state index contributed by atoms with van der Waals surface area (Å²) < 4.78 is 0. The molecule has 1 N–H and O–H groups in total. The van der Waals surface area contributed by atoms with E-state index in [0.29, 0.717) is 0 Å². The van der Waals surface area contributed by atoms with Crippen molar-refractivity contribution in [2.75, 3.05) is 0 Å². The maximum atomic E-state index is 3.51. The van der Waals surface area contributed by atoms with E-state index in [4.69, 9.17) is 0 Å². The molecule has 3 rings (SSSR count). The third kappa shape index (κ3) is 1.25. The molecular weight excluding hydrogens is 194 g/mol. The summed E-state index contributed by atoms with van der Waals surface area (Å²) in [7, 11) is 0. The first-order valence-corrected chi connectivity index (χ1v) is 5.57. The lowest BCUT2D eigenvalue weighted by Crippen LogP contribution is -1.88. The summed E-state index contributed by atoms with van der Waals surface area (Å²) in [4.78, 5) is 3.51. The molecule has 1 radical (unpaired) electrons. The van der Waals surface area contributed by atoms with Crippen molar-refractivity contribution in [1.82, 2.24) is 4.98 Å². The van der Waals surface area contributed by atoms with Gasteiger partial charge in [0.15, 0.2) is 0 Å². The largest absolute Gasteiger partial charge is 0.354 e. The van der Waals surface area contributed by atoms with E-state index in [9.17, 15) is 0 Å². The van der Waals surface area contributed by atoms with Crippen molar-refractivity contribution in [3.05, 3.63) is 53.9 Å². The van der Waals surface area contributed by atoms with E-state index in [0.717, 1.165) is 0 Å². The molecule has 1 heteroatoms. The molecular formula is C15H14N. The molecule has 0 aliphatic rings. The average molecular weight is 208 g/mol. The third-order valence-electron chi connectivity index (χ3n) is 3.08. The highest BCUT2D eigenvalue weighted by molar-refractivity contribution is 6.08. The Labute approximate surface area is 95.1 Å². The summed E-state index contributed by atoms with van der Waals surface area (Å²) in [6.07, 6.45) is 0. The van der Waals surface area contributed by atoms with Gasteiger partial charge in [-0.25, -0.2) is 0 Å². The molecule has 0 saturated carbocycles. The fourth-order valence-corrected chi connectivity index (χ4v) is 2.29. The molecule has 0 aliphatic carbocycles. The van der Waals surface area contributed by atoms with Gasteiger partial charge in [-0.05, 0) is 11.6 Å². The summed E-state index contributed by atoms with van der Waals surface area (Å²) in [5.74, 6) is 1.34. The number of rotatable bonds is 1. The van der Waals surface area contributed by atoms with Crippen LogP contribution in [0.5, 0.6) is 0 Å². The van der Waals surface area contributed by atoms with Crippen molar-refractivity contribution >= 4 is 21.8 Å². The molecule has 16 heavy (non-hydrogen) atoms. The zero-order chi connectivity index (χ0) is 11.1. The second-order valence-electron chi connectivity index (χ2n) is 4.40. The molecule has 0 saturated heterocycles. The first-order valence-electron chi connectivity index (χ1n) is 5.57. The summed E-state index contributed by atoms with van der Waals surface area (Å²) in [5.41, 5.74) is 3.78. The maximum Gasteiger partial charge on any atom is 0.0503 e. The standard InChI is InChI=1S/C15H14N/c1-10(2)11-7-5-8-13-12-6-3-4-9-14(12)16-15(11)13/h3-9,16H,1-2H3. The number of hydrogen-bond acceptors (Lipinski definition) is 0. The van der Waals surface area contributed by atoms with Crippen molar-refractivity contribution in [2.24, 2.45) is 0 Å². The van der Waals surface area contributed by atoms with E-state index >= 15 is 0 Å². The minimum Gasteiger partial charge on any atom is -0.354 e. The number of H-pyrrole nitrogens is 1. The smallest absolute Gasteiger partial charge is 0.0503 e. The van der Waals surface area contributed by atoms with Gasteiger partial charge in [0.1, 0.15) is 0 Å². The molecule has 0 amide bonds. The SMILES string of the molecule is C[C](C)c1cccc2c1[nH]c1ccccc12. The molecule has 1 heterocycles. The van der Waals surface area contributed by atoms with Crippen LogP contribution in [0.2, 0.25) is 0 Å². The second kappa shape index (κ2) is 3.38. The molecule has 1 aromatic heterocycles. The Kier molecular flexibility index (Phi) is 2.00. The molecule has 3 aromatic rings. The van der Waals surface area contributed by atoms with Crippen LogP contribution >= 0.6 is 0 Å². The van der Waals surface area contributed by atoms with Gasteiger partial charge >= 0.3 is 0 Å². The predicted molar refractivity (Wildman–Crippen MR) is 69.5 cm³/mol. The minimum absolute atomic E-state index is 1.21. The lowest BCUT2D eigenvalue weighted by Gasteiger charge is -2.05. The van der Waals surface area contributed by atoms with E-state index in [1.807, 2.05) is 0 Å². The van der Waals surface area contributed by atoms with Crippen molar-refractivity contribution in [3.8, 4) is 0 Å². The Bertz CT molecular complexity index is 647. The Morgan fingerprint density at radius 2 is 1.62 bits per heavy atom. The average Bonchev–Trinajstić information content (AvgIpc) is 2.67. The Morgan fingerprint density at radius 3 is 2.44 bits per heavy atom. The topological polar surface area (TPSA) is 15.8 Å². The molecule has 0 bridgehead atoms. The van der Waals surface area contributed by atoms with E-state index in [-0.39, 0.29) is 0 Å². The van der Waals surface area contributed by atoms with E-state index in [1.165, 1.54) is 33.3 Å². The van der Waals surface area contributed by atoms with Crippen molar-refractivity contribution < 1.29 is 0 Å². The van der Waals surface area contributed by atoms with Gasteiger partial charge in [0, 0.05) is 22.2 Å². The molecule has 0 spiro atoms. The highest BCUT2D eigenvalue weighted by Crippen LogP contribution is 2.30. The summed E-state index contributed by atoms with van der Waals surface area (Å²) in [5, 5.41) is 2.62. The van der Waals surface area contributed by atoms with E-state index in [1.54, 1.807) is 0 Å². The van der Waals surface area contributed by atoms with Crippen molar-refractivity contribution in [3.63, 3.8) is 0 Å². The number of para-hydroxylation sites is 2. The molecule has 2 aromatic carbocycles. The van der Waals surface area contributed by atoms with Crippen LogP contribution in [0.4, 0.5) is 0 Å². The quantitative estimate of drug-likeness (QED) is 0.614. The zero-order valence-electron chi connectivity index (χ0n) is 9.54. The Hall–Kier alpha value is -1.76. The number of fused-ring (bicyclic) bond motifs is 3. The highest BCUT2D eigenvalue weighted by Gasteiger charge is 2.09. The van der Waals surface area contributed by atoms with Gasteiger partial charge in [0.2, 0.25) is 0 Å². The van der Waals surface area contributed by atoms with Crippen LogP contribution in [0.25, 0.3) is 21.8 Å². The highest BCUT2D eigenvalue weighted by atomic mass is 14.7. The number of benzene rings is 2. The lowest BCUT2D eigenvalue weighted by atomic mass is 10.00. The summed E-state index contributed by atoms with van der Waals surface area (Å²) in [6, 6.07) is 14.9. The van der Waals surface area contributed by atoms with Crippen LogP contribution in [0.1, 0.15) is 19.4 Å². The second-order valence-corrected chi connectivity index (χ2v) is 4.40. The minimum atomic E-state index is 1.21. The first kappa shape index (κ1) is 9.46. The molecule has 0 unspecified atom stereocenters. The van der Waals surface area contributed by atoms with Crippen LogP contribution in [0, 0.1) is 5.92 Å². The monoisotopic (exact) mass is 208 g/mol. The molecule has 0 aliphatic heterocycles. The van der Waals surface area contributed by atoms with Gasteiger partial charge in [0.05, 0.1) is 5.52 Å². The zero-order valence-corrected chi connectivity index (χ0v) is 9.54. The van der Waals surface area contributed by atoms with Gasteiger partial charge in [-0.1, -0.05) is 50.2 Å². The molecule has 0 fully saturated rings. The lowest BCUT2D eigenvalue weighted by molar-refractivity contribution is 1.16. The Morgan fingerprint density at radius 1 is 0.875 bits per heavy atom. The van der Waals surface area contributed by atoms with Crippen LogP contribution in [0.15, 0.2) is 42.5 Å². The van der Waals surface area contributed by atoms with Gasteiger partial charge in [0.25, 0.3) is 0 Å². The van der Waals surface area contributed by atoms with Crippen LogP contribution < -0.4 is 0 Å². The number of hydrogen-bond donors (Lipinski definition) is 1. The molecule has 0 atom stereocenters. The number of aromatic amines is 1. The van der Waals surface area contributed by atoms with Crippen LogP contribution in [-0.4, -0.2) is 4.98 Å². The van der Waals surface area contributed by atoms with Crippen LogP contribution in [0.3, 0.4) is 0 Å². The summed E-state index contributed by atoms with van der Waals surface area (Å²) in [6.45, 7) is 4.31. The molecule has 79 valence electrons. The predicted octanol–water partition coefficient (Wildman–Crippen LogP) is 4.28. The van der Waals surface area contributed by atoms with Crippen LogP contribution in [-0.2, 0) is 0 Å². The van der Waals surface area contributed by atoms with Gasteiger partial charge in [-0.15, -0.1) is 0 Å².